The van der Waals surface area contributed by atoms with Gasteiger partial charge in [0.05, 0.1) is 8.80 Å². The minimum atomic E-state index is -2.05. The molecule has 0 aromatic rings. The molecule has 0 spiro atoms. The molecule has 0 radical (unpaired) electrons. The molecular weight excluding hydrogens is 270 g/mol. The Morgan fingerprint density at radius 3 is 2.16 bits per heavy atom. The molecule has 0 aliphatic carbocycles. The Hall–Kier alpha value is 0.314. The average molecular weight is 306 g/mol. The quantitative estimate of drug-likeness (QED) is 0.611. The molecule has 3 nitrogen and oxygen atoms in total. The van der Waals surface area contributed by atoms with Gasteiger partial charge < -0.3 is 8.85 Å². The summed E-state index contributed by atoms with van der Waals surface area (Å²) in [6, 6.07) is 0. The maximum absolute atomic E-state index is 6.18. The van der Waals surface area contributed by atoms with Crippen LogP contribution in [0.25, 0.3) is 0 Å². The highest BCUT2D eigenvalue weighted by Gasteiger charge is 2.36. The standard InChI is InChI=1S/C14H35NO2Si2/c1-9-10-11-15(14(2,3)4)12-19(8,16-5)17-13-18(6)7/h18H,9-13H2,1-8H3. The molecule has 0 fully saturated rings. The van der Waals surface area contributed by atoms with E-state index >= 15 is 0 Å². The van der Waals surface area contributed by atoms with E-state index in [2.05, 4.69) is 52.2 Å². The van der Waals surface area contributed by atoms with E-state index in [1.54, 1.807) is 0 Å². The SMILES string of the molecule is CCCCN(C[Si](C)(OC)OC[SiH](C)C)C(C)(C)C. The van der Waals surface area contributed by atoms with Gasteiger partial charge in [-0.2, -0.15) is 0 Å². The van der Waals surface area contributed by atoms with Crippen molar-refractivity contribution in [2.45, 2.75) is 65.7 Å². The number of unbranched alkanes of at least 4 members (excludes halogenated alkanes) is 1. The van der Waals surface area contributed by atoms with Crippen molar-refractivity contribution in [3.8, 4) is 0 Å². The first-order chi connectivity index (χ1) is 8.64. The molecule has 5 heteroatoms. The zero-order chi connectivity index (χ0) is 15.1. The third-order valence-electron chi connectivity index (χ3n) is 3.36. The summed E-state index contributed by atoms with van der Waals surface area (Å²) in [6.07, 6.45) is 4.37. The molecule has 0 aliphatic heterocycles. The van der Waals surface area contributed by atoms with Crippen molar-refractivity contribution >= 4 is 17.4 Å². The van der Waals surface area contributed by atoms with Crippen LogP contribution < -0.4 is 0 Å². The molecular formula is C14H35NO2Si2. The van der Waals surface area contributed by atoms with Crippen LogP contribution in [0.5, 0.6) is 0 Å². The van der Waals surface area contributed by atoms with Gasteiger partial charge in [0.2, 0.25) is 0 Å². The van der Waals surface area contributed by atoms with Gasteiger partial charge in [0.25, 0.3) is 0 Å². The Kier molecular flexibility index (Phi) is 8.71. The predicted molar refractivity (Wildman–Crippen MR) is 89.7 cm³/mol. The van der Waals surface area contributed by atoms with Gasteiger partial charge in [-0.25, -0.2) is 0 Å². The van der Waals surface area contributed by atoms with E-state index in [1.165, 1.54) is 12.8 Å². The van der Waals surface area contributed by atoms with Gasteiger partial charge in [0.15, 0.2) is 0 Å². The molecule has 0 N–H and O–H groups in total. The fourth-order valence-corrected chi connectivity index (χ4v) is 6.27. The second-order valence-corrected chi connectivity index (χ2v) is 13.4. The first-order valence-electron chi connectivity index (χ1n) is 7.58. The number of hydrogen-bond acceptors (Lipinski definition) is 3. The summed E-state index contributed by atoms with van der Waals surface area (Å²) < 4.78 is 12.0. The van der Waals surface area contributed by atoms with Gasteiger partial charge in [-0.15, -0.1) is 0 Å². The number of nitrogens with zero attached hydrogens (tertiary/aromatic N) is 1. The van der Waals surface area contributed by atoms with Gasteiger partial charge in [-0.1, -0.05) is 26.4 Å². The second-order valence-electron chi connectivity index (χ2n) is 6.99. The first kappa shape index (κ1) is 19.3. The minimum absolute atomic E-state index is 0.181. The summed E-state index contributed by atoms with van der Waals surface area (Å²) in [4.78, 5) is 2.54. The zero-order valence-corrected chi connectivity index (χ0v) is 16.5. The van der Waals surface area contributed by atoms with E-state index in [9.17, 15) is 0 Å². The lowest BCUT2D eigenvalue weighted by Crippen LogP contribution is -2.55. The third-order valence-corrected chi connectivity index (χ3v) is 7.13. The van der Waals surface area contributed by atoms with Gasteiger partial charge in [0, 0.05) is 25.0 Å². The summed E-state index contributed by atoms with van der Waals surface area (Å²) >= 11 is 0. The molecule has 0 rings (SSSR count). The molecule has 116 valence electrons. The summed E-state index contributed by atoms with van der Waals surface area (Å²) in [5, 5.41) is 0. The van der Waals surface area contributed by atoms with E-state index in [-0.39, 0.29) is 5.54 Å². The van der Waals surface area contributed by atoms with Crippen molar-refractivity contribution < 1.29 is 8.85 Å². The van der Waals surface area contributed by atoms with Crippen LogP contribution in [0, 0.1) is 0 Å². The molecule has 0 heterocycles. The summed E-state index contributed by atoms with van der Waals surface area (Å²) in [5.41, 5.74) is 0.181. The summed E-state index contributed by atoms with van der Waals surface area (Å²) in [5.74, 6) is 0. The topological polar surface area (TPSA) is 21.7 Å². The summed E-state index contributed by atoms with van der Waals surface area (Å²) in [7, 11) is -0.914. The van der Waals surface area contributed by atoms with Crippen LogP contribution in [0.3, 0.4) is 0 Å². The van der Waals surface area contributed by atoms with E-state index in [1.807, 2.05) is 7.11 Å². The fraction of sp³-hybridized carbons (Fsp3) is 1.00. The van der Waals surface area contributed by atoms with E-state index in [4.69, 9.17) is 8.85 Å². The van der Waals surface area contributed by atoms with Crippen LogP contribution in [0.2, 0.25) is 19.6 Å². The van der Waals surface area contributed by atoms with Crippen LogP contribution in [0.1, 0.15) is 40.5 Å². The average Bonchev–Trinajstić information content (AvgIpc) is 2.30. The molecule has 0 aromatic carbocycles. The number of hydrogen-bond donors (Lipinski definition) is 0. The zero-order valence-electron chi connectivity index (χ0n) is 14.4. The van der Waals surface area contributed by atoms with Crippen LogP contribution in [0.4, 0.5) is 0 Å². The Balaban J connectivity index is 4.66. The van der Waals surface area contributed by atoms with Crippen LogP contribution >= 0.6 is 0 Å². The largest absolute Gasteiger partial charge is 0.397 e. The highest BCUT2D eigenvalue weighted by Crippen LogP contribution is 2.19. The Morgan fingerprint density at radius 1 is 1.21 bits per heavy atom. The van der Waals surface area contributed by atoms with E-state index in [0.717, 1.165) is 18.9 Å². The van der Waals surface area contributed by atoms with Gasteiger partial charge in [0.1, 0.15) is 0 Å². The van der Waals surface area contributed by atoms with Crippen LogP contribution in [-0.2, 0) is 8.85 Å². The third kappa shape index (κ3) is 8.24. The van der Waals surface area contributed by atoms with E-state index < -0.39 is 17.4 Å². The molecule has 0 amide bonds. The molecule has 19 heavy (non-hydrogen) atoms. The first-order valence-corrected chi connectivity index (χ1v) is 13.2. The molecule has 0 saturated heterocycles. The van der Waals surface area contributed by atoms with Gasteiger partial charge >= 0.3 is 8.56 Å². The molecule has 0 bridgehead atoms. The lowest BCUT2D eigenvalue weighted by molar-refractivity contribution is 0.126. The highest BCUT2D eigenvalue weighted by atomic mass is 28.4. The molecule has 1 unspecified atom stereocenters. The smallest absolute Gasteiger partial charge is 0.348 e. The fourth-order valence-electron chi connectivity index (χ4n) is 1.86. The number of rotatable bonds is 9. The Morgan fingerprint density at radius 2 is 1.79 bits per heavy atom. The molecule has 0 saturated carbocycles. The highest BCUT2D eigenvalue weighted by molar-refractivity contribution is 6.67. The molecule has 1 atom stereocenters. The van der Waals surface area contributed by atoms with Crippen molar-refractivity contribution in [3.05, 3.63) is 0 Å². The molecule has 0 aromatic heterocycles. The van der Waals surface area contributed by atoms with Crippen molar-refractivity contribution in [1.29, 1.82) is 0 Å². The van der Waals surface area contributed by atoms with Gasteiger partial charge in [-0.05, 0) is 40.3 Å². The minimum Gasteiger partial charge on any atom is -0.397 e. The van der Waals surface area contributed by atoms with Crippen LogP contribution in [-0.4, -0.2) is 53.8 Å². The lowest BCUT2D eigenvalue weighted by Gasteiger charge is -2.40. The monoisotopic (exact) mass is 305 g/mol. The second kappa shape index (κ2) is 8.57. The van der Waals surface area contributed by atoms with Crippen molar-refractivity contribution in [1.82, 2.24) is 4.90 Å². The normalized spacial score (nSPS) is 16.1. The molecule has 0 aliphatic rings. The summed E-state index contributed by atoms with van der Waals surface area (Å²) in [6.45, 7) is 17.1. The van der Waals surface area contributed by atoms with Gasteiger partial charge in [-0.3, -0.25) is 4.90 Å². The van der Waals surface area contributed by atoms with E-state index in [0.29, 0.717) is 0 Å². The van der Waals surface area contributed by atoms with Crippen molar-refractivity contribution in [3.63, 3.8) is 0 Å². The van der Waals surface area contributed by atoms with Crippen molar-refractivity contribution in [2.24, 2.45) is 0 Å². The van der Waals surface area contributed by atoms with Crippen molar-refractivity contribution in [2.75, 3.05) is 26.1 Å². The maximum Gasteiger partial charge on any atom is 0.348 e. The predicted octanol–water partition coefficient (Wildman–Crippen LogP) is 3.19. The lowest BCUT2D eigenvalue weighted by atomic mass is 10.1. The Labute approximate surface area is 123 Å². The maximum atomic E-state index is 6.18. The van der Waals surface area contributed by atoms with Crippen LogP contribution in [0.15, 0.2) is 0 Å². The Bertz CT molecular complexity index is 244.